The van der Waals surface area contributed by atoms with E-state index in [4.69, 9.17) is 10.5 Å². The zero-order valence-electron chi connectivity index (χ0n) is 11.5. The minimum absolute atomic E-state index is 0.0160. The number of ether oxygens (including phenoxy) is 1. The molecule has 20 heavy (non-hydrogen) atoms. The summed E-state index contributed by atoms with van der Waals surface area (Å²) in [5.41, 5.74) is 6.34. The summed E-state index contributed by atoms with van der Waals surface area (Å²) in [6, 6.07) is 5.04. The summed E-state index contributed by atoms with van der Waals surface area (Å²) in [5.74, 6) is 0.513. The Hall–Kier alpha value is -1.07. The first-order valence-electron chi connectivity index (χ1n) is 6.95. The second-order valence-corrected chi connectivity index (χ2v) is 5.32. The number of benzene rings is 1. The second-order valence-electron chi connectivity index (χ2n) is 5.32. The molecule has 1 saturated carbocycles. The molecule has 2 N–H and O–H groups in total. The number of alkyl halides is 3. The van der Waals surface area contributed by atoms with Gasteiger partial charge in [-0.3, -0.25) is 0 Å². The summed E-state index contributed by atoms with van der Waals surface area (Å²) in [6.45, 7) is 2.54. The maximum atomic E-state index is 12.5. The van der Waals surface area contributed by atoms with E-state index < -0.39 is 11.7 Å². The molecule has 1 aromatic carbocycles. The van der Waals surface area contributed by atoms with E-state index in [0.717, 1.165) is 30.5 Å². The summed E-state index contributed by atoms with van der Waals surface area (Å²) >= 11 is 0. The normalized spacial score (nSPS) is 18.9. The van der Waals surface area contributed by atoms with Crippen LogP contribution >= 0.6 is 0 Å². The smallest absolute Gasteiger partial charge is 0.377 e. The Morgan fingerprint density at radius 3 is 2.30 bits per heavy atom. The lowest BCUT2D eigenvalue weighted by Gasteiger charge is -2.24. The van der Waals surface area contributed by atoms with Crippen molar-refractivity contribution in [3.63, 3.8) is 0 Å². The van der Waals surface area contributed by atoms with Crippen molar-refractivity contribution in [2.45, 2.75) is 44.5 Å². The van der Waals surface area contributed by atoms with Crippen LogP contribution in [0.1, 0.15) is 30.9 Å². The predicted molar refractivity (Wildman–Crippen MR) is 71.3 cm³/mol. The molecule has 0 amide bonds. The van der Waals surface area contributed by atoms with Gasteiger partial charge in [0.15, 0.2) is 0 Å². The Labute approximate surface area is 117 Å². The molecule has 2 unspecified atom stereocenters. The Morgan fingerprint density at radius 1 is 1.25 bits per heavy atom. The van der Waals surface area contributed by atoms with E-state index in [-0.39, 0.29) is 12.1 Å². The number of nitrogens with two attached hydrogens (primary N) is 1. The van der Waals surface area contributed by atoms with Gasteiger partial charge in [0.2, 0.25) is 0 Å². The second kappa shape index (κ2) is 6.14. The fourth-order valence-corrected chi connectivity index (χ4v) is 2.44. The Morgan fingerprint density at radius 2 is 1.85 bits per heavy atom. The number of hydrogen-bond acceptors (Lipinski definition) is 2. The molecule has 1 fully saturated rings. The highest BCUT2D eigenvalue weighted by molar-refractivity contribution is 5.25. The highest BCUT2D eigenvalue weighted by Crippen LogP contribution is 2.36. The SMILES string of the molecule is CCOC(C(N)Cc1ccc(C(F)(F)F)cc1)C1CC1. The molecular weight excluding hydrogens is 267 g/mol. The fraction of sp³-hybridized carbons (Fsp3) is 0.600. The van der Waals surface area contributed by atoms with Gasteiger partial charge in [-0.15, -0.1) is 0 Å². The van der Waals surface area contributed by atoms with Crippen molar-refractivity contribution >= 4 is 0 Å². The molecular formula is C15H20F3NO. The van der Waals surface area contributed by atoms with Crippen LogP contribution in [0.3, 0.4) is 0 Å². The molecule has 0 radical (unpaired) electrons. The van der Waals surface area contributed by atoms with Crippen molar-refractivity contribution in [1.29, 1.82) is 0 Å². The lowest BCUT2D eigenvalue weighted by molar-refractivity contribution is -0.137. The summed E-state index contributed by atoms with van der Waals surface area (Å²) in [4.78, 5) is 0. The zero-order valence-corrected chi connectivity index (χ0v) is 11.5. The average molecular weight is 287 g/mol. The first-order valence-corrected chi connectivity index (χ1v) is 6.95. The molecule has 0 bridgehead atoms. The molecule has 0 heterocycles. The van der Waals surface area contributed by atoms with E-state index in [0.29, 0.717) is 18.9 Å². The maximum absolute atomic E-state index is 12.5. The highest BCUT2D eigenvalue weighted by atomic mass is 19.4. The van der Waals surface area contributed by atoms with Gasteiger partial charge in [-0.1, -0.05) is 12.1 Å². The molecule has 1 aromatic rings. The first-order chi connectivity index (χ1) is 9.41. The van der Waals surface area contributed by atoms with Gasteiger partial charge in [-0.05, 0) is 49.8 Å². The summed E-state index contributed by atoms with van der Waals surface area (Å²) < 4.78 is 43.1. The van der Waals surface area contributed by atoms with E-state index in [1.54, 1.807) is 0 Å². The predicted octanol–water partition coefficient (Wildman–Crippen LogP) is 3.39. The monoisotopic (exact) mass is 287 g/mol. The third-order valence-electron chi connectivity index (χ3n) is 3.62. The minimum atomic E-state index is -4.29. The van der Waals surface area contributed by atoms with Crippen LogP contribution < -0.4 is 5.73 Å². The quantitative estimate of drug-likeness (QED) is 0.870. The van der Waals surface area contributed by atoms with E-state index in [9.17, 15) is 13.2 Å². The van der Waals surface area contributed by atoms with E-state index in [1.165, 1.54) is 12.1 Å². The van der Waals surface area contributed by atoms with Crippen LogP contribution in [0, 0.1) is 5.92 Å². The number of rotatable bonds is 6. The highest BCUT2D eigenvalue weighted by Gasteiger charge is 2.36. The van der Waals surface area contributed by atoms with Crippen LogP contribution in [0.4, 0.5) is 13.2 Å². The molecule has 0 aliphatic heterocycles. The van der Waals surface area contributed by atoms with Crippen LogP contribution in [0.15, 0.2) is 24.3 Å². The van der Waals surface area contributed by atoms with Crippen LogP contribution in [-0.4, -0.2) is 18.8 Å². The van der Waals surface area contributed by atoms with E-state index in [1.807, 2.05) is 6.92 Å². The number of halogens is 3. The molecule has 0 aromatic heterocycles. The van der Waals surface area contributed by atoms with Crippen molar-refractivity contribution in [3.05, 3.63) is 35.4 Å². The molecule has 112 valence electrons. The maximum Gasteiger partial charge on any atom is 0.416 e. The van der Waals surface area contributed by atoms with Crippen molar-refractivity contribution in [2.75, 3.05) is 6.61 Å². The summed E-state index contributed by atoms with van der Waals surface area (Å²) in [6.07, 6.45) is -1.47. The van der Waals surface area contributed by atoms with Gasteiger partial charge < -0.3 is 10.5 Å². The third kappa shape index (κ3) is 3.96. The lowest BCUT2D eigenvalue weighted by atomic mass is 9.98. The molecule has 2 atom stereocenters. The zero-order chi connectivity index (χ0) is 14.8. The Balaban J connectivity index is 1.98. The molecule has 1 aliphatic rings. The van der Waals surface area contributed by atoms with Crippen LogP contribution in [0.2, 0.25) is 0 Å². The Bertz CT molecular complexity index is 426. The summed E-state index contributed by atoms with van der Waals surface area (Å²) in [7, 11) is 0. The Kier molecular flexibility index (Phi) is 4.70. The van der Waals surface area contributed by atoms with Crippen molar-refractivity contribution in [1.82, 2.24) is 0 Å². The molecule has 1 aliphatic carbocycles. The van der Waals surface area contributed by atoms with Crippen molar-refractivity contribution in [2.24, 2.45) is 11.7 Å². The van der Waals surface area contributed by atoms with Crippen LogP contribution in [0.5, 0.6) is 0 Å². The molecule has 0 saturated heterocycles. The van der Waals surface area contributed by atoms with Gasteiger partial charge >= 0.3 is 6.18 Å². The topological polar surface area (TPSA) is 35.2 Å². The van der Waals surface area contributed by atoms with Gasteiger partial charge in [0.05, 0.1) is 11.7 Å². The van der Waals surface area contributed by atoms with Gasteiger partial charge in [0, 0.05) is 12.6 Å². The molecule has 2 nitrogen and oxygen atoms in total. The average Bonchev–Trinajstić information content (AvgIpc) is 3.19. The summed E-state index contributed by atoms with van der Waals surface area (Å²) in [5, 5.41) is 0. The van der Waals surface area contributed by atoms with Gasteiger partial charge in [0.1, 0.15) is 0 Å². The largest absolute Gasteiger partial charge is 0.416 e. The first kappa shape index (κ1) is 15.3. The van der Waals surface area contributed by atoms with Crippen LogP contribution in [-0.2, 0) is 17.3 Å². The molecule has 2 rings (SSSR count). The fourth-order valence-electron chi connectivity index (χ4n) is 2.44. The van der Waals surface area contributed by atoms with Gasteiger partial charge in [-0.2, -0.15) is 13.2 Å². The van der Waals surface area contributed by atoms with Gasteiger partial charge in [0.25, 0.3) is 0 Å². The van der Waals surface area contributed by atoms with Crippen molar-refractivity contribution in [3.8, 4) is 0 Å². The molecule has 5 heteroatoms. The molecule has 0 spiro atoms. The minimum Gasteiger partial charge on any atom is -0.377 e. The number of hydrogen-bond donors (Lipinski definition) is 1. The van der Waals surface area contributed by atoms with Crippen LogP contribution in [0.25, 0.3) is 0 Å². The van der Waals surface area contributed by atoms with Gasteiger partial charge in [-0.25, -0.2) is 0 Å². The van der Waals surface area contributed by atoms with E-state index in [2.05, 4.69) is 0 Å². The van der Waals surface area contributed by atoms with Crippen molar-refractivity contribution < 1.29 is 17.9 Å². The van der Waals surface area contributed by atoms with E-state index >= 15 is 0 Å². The lowest BCUT2D eigenvalue weighted by Crippen LogP contribution is -2.40. The third-order valence-corrected chi connectivity index (χ3v) is 3.62. The standard InChI is InChI=1S/C15H20F3NO/c1-2-20-14(11-5-6-11)13(19)9-10-3-7-12(8-4-10)15(16,17)18/h3-4,7-8,11,13-14H,2,5-6,9,19H2,1H3.